The number of hydrogen-bond acceptors (Lipinski definition) is 2. The van der Waals surface area contributed by atoms with Gasteiger partial charge in [0.2, 0.25) is 0 Å². The Kier molecular flexibility index (Phi) is 3.49. The first-order valence-electron chi connectivity index (χ1n) is 7.79. The number of hydrogen-bond donors (Lipinski definition) is 0. The van der Waals surface area contributed by atoms with Crippen LogP contribution in [0.2, 0.25) is 0 Å². The van der Waals surface area contributed by atoms with Crippen LogP contribution in [-0.2, 0) is 0 Å². The fourth-order valence-electron chi connectivity index (χ4n) is 3.32. The highest BCUT2D eigenvalue weighted by Gasteiger charge is 2.10. The van der Waals surface area contributed by atoms with Crippen molar-refractivity contribution in [2.75, 3.05) is 0 Å². The van der Waals surface area contributed by atoms with Gasteiger partial charge in [-0.05, 0) is 70.1 Å². The molecule has 25 heavy (non-hydrogen) atoms. The van der Waals surface area contributed by atoms with Crippen LogP contribution in [0.1, 0.15) is 0 Å². The van der Waals surface area contributed by atoms with E-state index in [-0.39, 0.29) is 5.43 Å². The molecule has 4 aromatic carbocycles. The van der Waals surface area contributed by atoms with Gasteiger partial charge in [0.25, 0.3) is 0 Å². The average molecular weight is 470 g/mol. The summed E-state index contributed by atoms with van der Waals surface area (Å²) in [5.41, 5.74) is 0.111. The van der Waals surface area contributed by atoms with Gasteiger partial charge < -0.3 is 0 Å². The third-order valence-corrected chi connectivity index (χ3v) is 7.08. The largest absolute Gasteiger partial charge is 0.289 e. The Balaban J connectivity index is 1.99. The molecule has 0 saturated carbocycles. The van der Waals surface area contributed by atoms with Crippen molar-refractivity contribution in [3.63, 3.8) is 0 Å². The summed E-state index contributed by atoms with van der Waals surface area (Å²) in [6.07, 6.45) is 0. The lowest BCUT2D eigenvalue weighted by Gasteiger charge is -2.08. The fourth-order valence-corrected chi connectivity index (χ4v) is 5.34. The van der Waals surface area contributed by atoms with Crippen molar-refractivity contribution < 1.29 is 0 Å². The van der Waals surface area contributed by atoms with E-state index in [2.05, 4.69) is 50.1 Å². The summed E-state index contributed by atoms with van der Waals surface area (Å²) in [5.74, 6) is 0. The minimum atomic E-state index is 0.111. The molecule has 5 rings (SSSR count). The van der Waals surface area contributed by atoms with Gasteiger partial charge in [-0.15, -0.1) is 11.3 Å². The van der Waals surface area contributed by atoms with Crippen LogP contribution in [0.15, 0.2) is 74.4 Å². The van der Waals surface area contributed by atoms with Gasteiger partial charge in [0, 0.05) is 29.1 Å². The Morgan fingerprint density at radius 3 is 1.96 bits per heavy atom. The Labute approximate surface area is 164 Å². The molecule has 0 N–H and O–H groups in total. The van der Waals surface area contributed by atoms with Crippen LogP contribution in [0.25, 0.3) is 41.7 Å². The molecule has 0 atom stereocenters. The zero-order valence-corrected chi connectivity index (χ0v) is 16.8. The molecule has 1 nitrogen and oxygen atoms in total. The molecule has 0 radical (unpaired) electrons. The van der Waals surface area contributed by atoms with E-state index in [0.29, 0.717) is 0 Å². The third kappa shape index (κ3) is 2.35. The van der Waals surface area contributed by atoms with Gasteiger partial charge in [0.05, 0.1) is 0 Å². The molecule has 1 aromatic heterocycles. The maximum absolute atomic E-state index is 12.9. The summed E-state index contributed by atoms with van der Waals surface area (Å²) in [7, 11) is 0. The van der Waals surface area contributed by atoms with E-state index in [1.807, 2.05) is 42.5 Å². The quantitative estimate of drug-likeness (QED) is 0.218. The van der Waals surface area contributed by atoms with E-state index in [4.69, 9.17) is 0 Å². The van der Waals surface area contributed by atoms with E-state index in [0.717, 1.165) is 50.7 Å². The third-order valence-electron chi connectivity index (χ3n) is 4.56. The Bertz CT molecular complexity index is 1390. The maximum atomic E-state index is 12.9. The van der Waals surface area contributed by atoms with Crippen molar-refractivity contribution in [2.45, 2.75) is 0 Å². The molecule has 0 fully saturated rings. The molecule has 120 valence electrons. The number of halogens is 2. The van der Waals surface area contributed by atoms with E-state index < -0.39 is 0 Å². The summed E-state index contributed by atoms with van der Waals surface area (Å²) < 4.78 is 4.18. The predicted octanol–water partition coefficient (Wildman–Crippen LogP) is 7.25. The molecule has 0 bridgehead atoms. The van der Waals surface area contributed by atoms with Crippen LogP contribution < -0.4 is 5.43 Å². The number of rotatable bonds is 0. The molecule has 0 unspecified atom stereocenters. The van der Waals surface area contributed by atoms with Crippen LogP contribution in [0.3, 0.4) is 0 Å². The van der Waals surface area contributed by atoms with E-state index >= 15 is 0 Å². The lowest BCUT2D eigenvalue weighted by molar-refractivity contribution is 1.70. The topological polar surface area (TPSA) is 17.1 Å². The zero-order valence-electron chi connectivity index (χ0n) is 12.8. The van der Waals surface area contributed by atoms with Gasteiger partial charge in [-0.2, -0.15) is 0 Å². The second-order valence-corrected chi connectivity index (χ2v) is 8.84. The standard InChI is InChI=1S/C21H10Br2OS/c22-17-5-6-18(23)15-8-12-10-20-16(9-11(12)7-14(15)17)21(24)13-3-1-2-4-19(13)25-20/h1-10H. The summed E-state index contributed by atoms with van der Waals surface area (Å²) in [5, 5.41) is 6.11. The first kappa shape index (κ1) is 15.5. The van der Waals surface area contributed by atoms with E-state index in [1.54, 1.807) is 11.3 Å². The van der Waals surface area contributed by atoms with E-state index in [1.165, 1.54) is 0 Å². The van der Waals surface area contributed by atoms with Crippen molar-refractivity contribution >= 4 is 84.9 Å². The fraction of sp³-hybridized carbons (Fsp3) is 0. The van der Waals surface area contributed by atoms with Crippen molar-refractivity contribution in [3.05, 3.63) is 79.8 Å². The van der Waals surface area contributed by atoms with Gasteiger partial charge >= 0.3 is 0 Å². The van der Waals surface area contributed by atoms with Crippen LogP contribution >= 0.6 is 43.2 Å². The normalized spacial score (nSPS) is 11.8. The maximum Gasteiger partial charge on any atom is 0.195 e. The molecule has 0 aliphatic rings. The minimum absolute atomic E-state index is 0.111. The minimum Gasteiger partial charge on any atom is -0.289 e. The average Bonchev–Trinajstić information content (AvgIpc) is 2.63. The van der Waals surface area contributed by atoms with Crippen molar-refractivity contribution in [2.24, 2.45) is 0 Å². The molecule has 5 aromatic rings. The second kappa shape index (κ2) is 5.63. The van der Waals surface area contributed by atoms with Gasteiger partial charge in [0.1, 0.15) is 0 Å². The molecule has 4 heteroatoms. The number of fused-ring (bicyclic) bond motifs is 4. The van der Waals surface area contributed by atoms with Gasteiger partial charge in [-0.25, -0.2) is 0 Å². The molecular weight excluding hydrogens is 460 g/mol. The lowest BCUT2D eigenvalue weighted by Crippen LogP contribution is -2.00. The summed E-state index contributed by atoms with van der Waals surface area (Å²) in [6, 6.07) is 20.4. The van der Waals surface area contributed by atoms with Crippen LogP contribution in [0.5, 0.6) is 0 Å². The monoisotopic (exact) mass is 468 g/mol. The highest BCUT2D eigenvalue weighted by atomic mass is 79.9. The van der Waals surface area contributed by atoms with Gasteiger partial charge in [-0.3, -0.25) is 4.79 Å². The van der Waals surface area contributed by atoms with Crippen molar-refractivity contribution in [3.8, 4) is 0 Å². The predicted molar refractivity (Wildman–Crippen MR) is 116 cm³/mol. The molecule has 0 spiro atoms. The molecular formula is C21H10Br2OS. The van der Waals surface area contributed by atoms with Crippen LogP contribution in [-0.4, -0.2) is 0 Å². The summed E-state index contributed by atoms with van der Waals surface area (Å²) in [4.78, 5) is 12.9. The molecule has 0 aliphatic heterocycles. The van der Waals surface area contributed by atoms with Crippen LogP contribution in [0, 0.1) is 0 Å². The first-order chi connectivity index (χ1) is 12.1. The smallest absolute Gasteiger partial charge is 0.195 e. The Morgan fingerprint density at radius 2 is 1.24 bits per heavy atom. The van der Waals surface area contributed by atoms with Gasteiger partial charge in [-0.1, -0.05) is 44.0 Å². The first-order valence-corrected chi connectivity index (χ1v) is 10.2. The molecule has 1 heterocycles. The van der Waals surface area contributed by atoms with Crippen LogP contribution in [0.4, 0.5) is 0 Å². The van der Waals surface area contributed by atoms with Crippen molar-refractivity contribution in [1.29, 1.82) is 0 Å². The highest BCUT2D eigenvalue weighted by Crippen LogP contribution is 2.35. The van der Waals surface area contributed by atoms with E-state index in [9.17, 15) is 4.79 Å². The van der Waals surface area contributed by atoms with Crippen molar-refractivity contribution in [1.82, 2.24) is 0 Å². The SMILES string of the molecule is O=c1c2ccccc2sc2cc3cc4c(Br)ccc(Br)c4cc3cc12. The Morgan fingerprint density at radius 1 is 0.640 bits per heavy atom. The lowest BCUT2D eigenvalue weighted by atomic mass is 10.0. The number of benzene rings is 4. The molecule has 0 aliphatic carbocycles. The molecule has 0 saturated heterocycles. The highest BCUT2D eigenvalue weighted by molar-refractivity contribution is 9.11. The molecule has 0 amide bonds. The van der Waals surface area contributed by atoms with Gasteiger partial charge in [0.15, 0.2) is 5.43 Å². The Hall–Kier alpha value is -1.75. The summed E-state index contributed by atoms with van der Waals surface area (Å²) in [6.45, 7) is 0. The zero-order chi connectivity index (χ0) is 17.1. The second-order valence-electron chi connectivity index (χ2n) is 6.05. The summed E-state index contributed by atoms with van der Waals surface area (Å²) >= 11 is 8.95.